The summed E-state index contributed by atoms with van der Waals surface area (Å²) >= 11 is 3.60. The molecule has 0 spiro atoms. The number of H-pyrrole nitrogens is 1. The van der Waals surface area contributed by atoms with Gasteiger partial charge in [-0.05, 0) is 59.2 Å². The van der Waals surface area contributed by atoms with Gasteiger partial charge in [0.05, 0.1) is 7.11 Å². The Kier molecular flexibility index (Phi) is 5.24. The van der Waals surface area contributed by atoms with Crippen LogP contribution in [0.3, 0.4) is 0 Å². The predicted molar refractivity (Wildman–Crippen MR) is 122 cm³/mol. The molecule has 4 aromatic rings. The van der Waals surface area contributed by atoms with Crippen LogP contribution in [0.15, 0.2) is 71.3 Å². The summed E-state index contributed by atoms with van der Waals surface area (Å²) in [5, 5.41) is 11.2. The Hall–Kier alpha value is -2.92. The summed E-state index contributed by atoms with van der Waals surface area (Å²) in [4.78, 5) is 5.48. The van der Waals surface area contributed by atoms with Crippen LogP contribution < -0.4 is 9.64 Å². The summed E-state index contributed by atoms with van der Waals surface area (Å²) in [7, 11) is 5.64. The number of nitrogens with one attached hydrogen (secondary N) is 1. The summed E-state index contributed by atoms with van der Waals surface area (Å²) in [6.07, 6.45) is 2.07. The lowest BCUT2D eigenvalue weighted by molar-refractivity contribution is 0.373. The van der Waals surface area contributed by atoms with Crippen LogP contribution in [0.1, 0.15) is 22.6 Å². The lowest BCUT2D eigenvalue weighted by Gasteiger charge is -2.21. The molecule has 0 aliphatic rings. The number of methoxy groups -OCH3 is 1. The van der Waals surface area contributed by atoms with E-state index in [1.807, 2.05) is 32.3 Å². The first-order chi connectivity index (χ1) is 14.0. The van der Waals surface area contributed by atoms with E-state index in [1.165, 1.54) is 11.1 Å². The summed E-state index contributed by atoms with van der Waals surface area (Å²) in [5.74, 6) is 0.599. The molecule has 0 amide bonds. The van der Waals surface area contributed by atoms with Gasteiger partial charge in [-0.2, -0.15) is 0 Å². The zero-order valence-electron chi connectivity index (χ0n) is 16.6. The molecule has 2 N–H and O–H groups in total. The maximum Gasteiger partial charge on any atom is 0.160 e. The number of nitrogens with zero attached hydrogens (tertiary/aromatic N) is 1. The molecular formula is C24H23BrN2O2. The van der Waals surface area contributed by atoms with Gasteiger partial charge in [0.1, 0.15) is 0 Å². The summed E-state index contributed by atoms with van der Waals surface area (Å²) in [6.45, 7) is 0. The van der Waals surface area contributed by atoms with E-state index in [4.69, 9.17) is 4.74 Å². The normalized spacial score (nSPS) is 12.1. The van der Waals surface area contributed by atoms with Crippen LogP contribution in [0.25, 0.3) is 10.9 Å². The van der Waals surface area contributed by atoms with Crippen molar-refractivity contribution in [1.82, 2.24) is 4.98 Å². The molecule has 0 saturated heterocycles. The predicted octanol–water partition coefficient (Wildman–Crippen LogP) is 5.89. The van der Waals surface area contributed by atoms with E-state index >= 15 is 0 Å². The number of rotatable bonds is 5. The van der Waals surface area contributed by atoms with E-state index < -0.39 is 0 Å². The Labute approximate surface area is 178 Å². The minimum atomic E-state index is -0.0104. The maximum absolute atomic E-state index is 10.1. The minimum absolute atomic E-state index is 0.0104. The Bertz CT molecular complexity index is 1150. The van der Waals surface area contributed by atoms with Crippen LogP contribution in [0.5, 0.6) is 11.5 Å². The number of hydrogen-bond acceptors (Lipinski definition) is 3. The van der Waals surface area contributed by atoms with E-state index in [9.17, 15) is 5.11 Å². The van der Waals surface area contributed by atoms with Crippen LogP contribution in [0.4, 0.5) is 5.69 Å². The van der Waals surface area contributed by atoms with Crippen molar-refractivity contribution in [3.63, 3.8) is 0 Å². The molecule has 29 heavy (non-hydrogen) atoms. The summed E-state index contributed by atoms with van der Waals surface area (Å²) in [5.41, 5.74) is 5.63. The molecule has 4 rings (SSSR count). The molecule has 0 aliphatic heterocycles. The Balaban J connectivity index is 1.92. The van der Waals surface area contributed by atoms with E-state index in [1.54, 1.807) is 13.2 Å². The van der Waals surface area contributed by atoms with Gasteiger partial charge >= 0.3 is 0 Å². The van der Waals surface area contributed by atoms with Gasteiger partial charge in [0.15, 0.2) is 11.5 Å². The highest BCUT2D eigenvalue weighted by Crippen LogP contribution is 2.40. The number of hydrogen-bond donors (Lipinski definition) is 2. The van der Waals surface area contributed by atoms with Crippen LogP contribution in [-0.2, 0) is 0 Å². The number of phenolic OH excluding ortho intramolecular Hbond substituents is 1. The van der Waals surface area contributed by atoms with Crippen molar-refractivity contribution in [1.29, 1.82) is 0 Å². The smallest absolute Gasteiger partial charge is 0.160 e. The Morgan fingerprint density at radius 2 is 1.69 bits per heavy atom. The van der Waals surface area contributed by atoms with E-state index in [-0.39, 0.29) is 11.7 Å². The number of phenols is 1. The van der Waals surface area contributed by atoms with Gasteiger partial charge in [-0.1, -0.05) is 34.1 Å². The second-order valence-electron chi connectivity index (χ2n) is 7.28. The van der Waals surface area contributed by atoms with Crippen LogP contribution >= 0.6 is 15.9 Å². The van der Waals surface area contributed by atoms with Crippen molar-refractivity contribution in [3.8, 4) is 11.5 Å². The number of fused-ring (bicyclic) bond motifs is 1. The van der Waals surface area contributed by atoms with E-state index in [0.717, 1.165) is 26.6 Å². The van der Waals surface area contributed by atoms with Gasteiger partial charge in [-0.15, -0.1) is 0 Å². The van der Waals surface area contributed by atoms with Crippen LogP contribution in [0.2, 0.25) is 0 Å². The first-order valence-corrected chi connectivity index (χ1v) is 10.2. The second-order valence-corrected chi connectivity index (χ2v) is 8.20. The van der Waals surface area contributed by atoms with Gasteiger partial charge < -0.3 is 19.7 Å². The van der Waals surface area contributed by atoms with E-state index in [2.05, 4.69) is 68.4 Å². The average molecular weight is 451 g/mol. The highest BCUT2D eigenvalue weighted by molar-refractivity contribution is 9.10. The summed E-state index contributed by atoms with van der Waals surface area (Å²) in [6, 6.07) is 20.4. The van der Waals surface area contributed by atoms with Crippen LogP contribution in [0, 0.1) is 0 Å². The van der Waals surface area contributed by atoms with Gasteiger partial charge in [-0.25, -0.2) is 0 Å². The summed E-state index contributed by atoms with van der Waals surface area (Å²) < 4.78 is 6.41. The van der Waals surface area contributed by atoms with Crippen molar-refractivity contribution in [2.24, 2.45) is 0 Å². The van der Waals surface area contributed by atoms with Crippen LogP contribution in [-0.4, -0.2) is 31.3 Å². The first-order valence-electron chi connectivity index (χ1n) is 9.38. The standard InChI is InChI=1S/C24H23BrN2O2/c1-27(2)18-8-4-15(5-9-18)24(16-6-11-22(28)23(12-16)29-3)20-14-26-21-10-7-17(25)13-19(20)21/h4-14,24,26,28H,1-3H3. The fraction of sp³-hybridized carbons (Fsp3) is 0.167. The molecule has 148 valence electrons. The lowest BCUT2D eigenvalue weighted by atomic mass is 9.84. The third-order valence-electron chi connectivity index (χ3n) is 5.27. The third kappa shape index (κ3) is 3.70. The van der Waals surface area contributed by atoms with Gasteiger partial charge in [-0.3, -0.25) is 0 Å². The number of benzene rings is 3. The van der Waals surface area contributed by atoms with Gasteiger partial charge in [0, 0.05) is 47.3 Å². The van der Waals surface area contributed by atoms with Gasteiger partial charge in [0.25, 0.3) is 0 Å². The van der Waals surface area contributed by atoms with E-state index in [0.29, 0.717) is 5.75 Å². The molecule has 1 heterocycles. The molecule has 5 heteroatoms. The van der Waals surface area contributed by atoms with Crippen molar-refractivity contribution < 1.29 is 9.84 Å². The topological polar surface area (TPSA) is 48.5 Å². The average Bonchev–Trinajstić information content (AvgIpc) is 3.12. The third-order valence-corrected chi connectivity index (χ3v) is 5.76. The number of aromatic hydroxyl groups is 1. The fourth-order valence-electron chi connectivity index (χ4n) is 3.74. The fourth-order valence-corrected chi connectivity index (χ4v) is 4.10. The zero-order chi connectivity index (χ0) is 20.5. The highest BCUT2D eigenvalue weighted by Gasteiger charge is 2.22. The monoisotopic (exact) mass is 450 g/mol. The van der Waals surface area contributed by atoms with Crippen molar-refractivity contribution >= 4 is 32.5 Å². The lowest BCUT2D eigenvalue weighted by Crippen LogP contribution is -2.09. The number of halogens is 1. The first kappa shape index (κ1) is 19.4. The molecule has 0 saturated carbocycles. The van der Waals surface area contributed by atoms with Crippen molar-refractivity contribution in [2.75, 3.05) is 26.1 Å². The SMILES string of the molecule is COc1cc(C(c2ccc(N(C)C)cc2)c2c[nH]c3ccc(Br)cc23)ccc1O. The molecule has 3 aromatic carbocycles. The Morgan fingerprint density at radius 3 is 2.38 bits per heavy atom. The Morgan fingerprint density at radius 1 is 0.966 bits per heavy atom. The maximum atomic E-state index is 10.1. The number of ether oxygens (including phenoxy) is 1. The molecule has 0 bridgehead atoms. The minimum Gasteiger partial charge on any atom is -0.504 e. The number of aromatic nitrogens is 1. The van der Waals surface area contributed by atoms with Crippen molar-refractivity contribution in [2.45, 2.75) is 5.92 Å². The van der Waals surface area contributed by atoms with Gasteiger partial charge in [0.2, 0.25) is 0 Å². The number of aromatic amines is 1. The molecule has 1 unspecified atom stereocenters. The molecular weight excluding hydrogens is 428 g/mol. The molecule has 0 radical (unpaired) electrons. The molecule has 1 atom stereocenters. The largest absolute Gasteiger partial charge is 0.504 e. The second kappa shape index (κ2) is 7.84. The molecule has 0 aliphatic carbocycles. The quantitative estimate of drug-likeness (QED) is 0.398. The zero-order valence-corrected chi connectivity index (χ0v) is 18.2. The number of anilines is 1. The van der Waals surface area contributed by atoms with Crippen molar-refractivity contribution in [3.05, 3.63) is 88.0 Å². The highest BCUT2D eigenvalue weighted by atomic mass is 79.9. The molecule has 0 fully saturated rings. The molecule has 1 aromatic heterocycles. The molecule has 4 nitrogen and oxygen atoms in total.